The van der Waals surface area contributed by atoms with E-state index in [0.717, 1.165) is 23.1 Å². The van der Waals surface area contributed by atoms with Crippen LogP contribution in [0.1, 0.15) is 26.3 Å². The highest BCUT2D eigenvalue weighted by Crippen LogP contribution is 2.18. The summed E-state index contributed by atoms with van der Waals surface area (Å²) in [5.41, 5.74) is 2.55. The van der Waals surface area contributed by atoms with Crippen LogP contribution in [0.4, 0.5) is 10.5 Å². The smallest absolute Gasteiger partial charge is 0.412 e. The Kier molecular flexibility index (Phi) is 5.02. The SMILES string of the molecule is CC(C)(C)OC(=O)NC=Nc1ccc(Cn2ccc3cnccc32)cc1. The van der Waals surface area contributed by atoms with Crippen molar-refractivity contribution in [3.05, 3.63) is 60.6 Å². The van der Waals surface area contributed by atoms with Crippen LogP contribution in [-0.2, 0) is 11.3 Å². The zero-order chi connectivity index (χ0) is 18.6. The van der Waals surface area contributed by atoms with E-state index in [2.05, 4.69) is 32.1 Å². The van der Waals surface area contributed by atoms with Gasteiger partial charge in [-0.25, -0.2) is 9.79 Å². The molecule has 0 radical (unpaired) electrons. The van der Waals surface area contributed by atoms with Gasteiger partial charge in [-0.2, -0.15) is 0 Å². The third kappa shape index (κ3) is 4.69. The van der Waals surface area contributed by atoms with Crippen LogP contribution < -0.4 is 5.32 Å². The fourth-order valence-electron chi connectivity index (χ4n) is 2.53. The van der Waals surface area contributed by atoms with Crippen molar-refractivity contribution in [1.82, 2.24) is 14.9 Å². The molecule has 2 heterocycles. The molecule has 0 spiro atoms. The molecule has 1 N–H and O–H groups in total. The molecule has 0 saturated carbocycles. The van der Waals surface area contributed by atoms with Crippen molar-refractivity contribution in [2.75, 3.05) is 0 Å². The van der Waals surface area contributed by atoms with Crippen LogP contribution in [0, 0.1) is 0 Å². The summed E-state index contributed by atoms with van der Waals surface area (Å²) >= 11 is 0. The van der Waals surface area contributed by atoms with E-state index in [1.807, 2.05) is 57.3 Å². The molecule has 0 bridgehead atoms. The first-order chi connectivity index (χ1) is 12.4. The minimum Gasteiger partial charge on any atom is -0.444 e. The van der Waals surface area contributed by atoms with Crippen molar-refractivity contribution in [3.63, 3.8) is 0 Å². The molecule has 1 amide bonds. The molecule has 3 rings (SSSR count). The van der Waals surface area contributed by atoms with Gasteiger partial charge in [0.05, 0.1) is 17.5 Å². The van der Waals surface area contributed by atoms with Gasteiger partial charge in [0, 0.05) is 30.5 Å². The van der Waals surface area contributed by atoms with Gasteiger partial charge in [-0.05, 0) is 50.6 Å². The van der Waals surface area contributed by atoms with Gasteiger partial charge in [0.1, 0.15) is 5.60 Å². The van der Waals surface area contributed by atoms with Crippen LogP contribution in [-0.4, -0.2) is 27.6 Å². The first-order valence-electron chi connectivity index (χ1n) is 8.40. The lowest BCUT2D eigenvalue weighted by molar-refractivity contribution is 0.0565. The van der Waals surface area contributed by atoms with Gasteiger partial charge in [-0.15, -0.1) is 0 Å². The number of benzene rings is 1. The maximum absolute atomic E-state index is 11.6. The molecule has 1 aromatic carbocycles. The van der Waals surface area contributed by atoms with Gasteiger partial charge in [-0.1, -0.05) is 12.1 Å². The molecule has 0 aliphatic rings. The number of fused-ring (bicyclic) bond motifs is 1. The first-order valence-corrected chi connectivity index (χ1v) is 8.40. The fraction of sp³-hybridized carbons (Fsp3) is 0.250. The number of rotatable bonds is 4. The van der Waals surface area contributed by atoms with E-state index in [1.54, 1.807) is 6.20 Å². The molecule has 26 heavy (non-hydrogen) atoms. The third-order valence-corrected chi connectivity index (χ3v) is 3.66. The number of hydrogen-bond donors (Lipinski definition) is 1. The van der Waals surface area contributed by atoms with Gasteiger partial charge in [0.2, 0.25) is 0 Å². The van der Waals surface area contributed by atoms with Crippen LogP contribution in [0.2, 0.25) is 0 Å². The monoisotopic (exact) mass is 350 g/mol. The number of amides is 1. The van der Waals surface area contributed by atoms with Crippen molar-refractivity contribution >= 4 is 29.0 Å². The molecule has 0 saturated heterocycles. The van der Waals surface area contributed by atoms with Gasteiger partial charge in [0.15, 0.2) is 0 Å². The van der Waals surface area contributed by atoms with Crippen molar-refractivity contribution in [3.8, 4) is 0 Å². The van der Waals surface area contributed by atoms with E-state index in [9.17, 15) is 4.79 Å². The summed E-state index contributed by atoms with van der Waals surface area (Å²) in [4.78, 5) is 19.9. The Hall–Kier alpha value is -3.15. The Labute approximate surface area is 152 Å². The molecular formula is C20H22N4O2. The summed E-state index contributed by atoms with van der Waals surface area (Å²) in [6, 6.07) is 11.9. The van der Waals surface area contributed by atoms with Crippen molar-refractivity contribution in [1.29, 1.82) is 0 Å². The molecule has 0 aliphatic heterocycles. The average Bonchev–Trinajstić information content (AvgIpc) is 2.98. The first kappa shape index (κ1) is 17.7. The Morgan fingerprint density at radius 2 is 2.00 bits per heavy atom. The van der Waals surface area contributed by atoms with Crippen LogP contribution >= 0.6 is 0 Å². The molecule has 3 aromatic rings. The van der Waals surface area contributed by atoms with Gasteiger partial charge < -0.3 is 9.30 Å². The molecule has 6 nitrogen and oxygen atoms in total. The van der Waals surface area contributed by atoms with Crippen molar-refractivity contribution in [2.24, 2.45) is 4.99 Å². The number of aromatic nitrogens is 2. The number of hydrogen-bond acceptors (Lipinski definition) is 4. The van der Waals surface area contributed by atoms with E-state index in [-0.39, 0.29) is 0 Å². The third-order valence-electron chi connectivity index (χ3n) is 3.66. The fourth-order valence-corrected chi connectivity index (χ4v) is 2.53. The van der Waals surface area contributed by atoms with Gasteiger partial charge in [-0.3, -0.25) is 10.3 Å². The molecule has 2 aromatic heterocycles. The summed E-state index contributed by atoms with van der Waals surface area (Å²) in [5, 5.41) is 3.62. The zero-order valence-electron chi connectivity index (χ0n) is 15.1. The number of aliphatic imine (C=N–C) groups is 1. The summed E-state index contributed by atoms with van der Waals surface area (Å²) in [6.45, 7) is 6.21. The summed E-state index contributed by atoms with van der Waals surface area (Å²) in [6.07, 6.45) is 6.54. The van der Waals surface area contributed by atoms with E-state index in [0.29, 0.717) is 0 Å². The summed E-state index contributed by atoms with van der Waals surface area (Å²) < 4.78 is 7.32. The quantitative estimate of drug-likeness (QED) is 0.564. The lowest BCUT2D eigenvalue weighted by Crippen LogP contribution is -2.31. The van der Waals surface area contributed by atoms with E-state index in [4.69, 9.17) is 4.74 Å². The van der Waals surface area contributed by atoms with E-state index >= 15 is 0 Å². The predicted molar refractivity (Wildman–Crippen MR) is 103 cm³/mol. The number of nitrogens with one attached hydrogen (secondary N) is 1. The van der Waals surface area contributed by atoms with E-state index in [1.165, 1.54) is 11.9 Å². The topological polar surface area (TPSA) is 68.5 Å². The van der Waals surface area contributed by atoms with Crippen molar-refractivity contribution < 1.29 is 9.53 Å². The minimum absolute atomic E-state index is 0.521. The highest BCUT2D eigenvalue weighted by atomic mass is 16.6. The molecule has 6 heteroatoms. The molecule has 134 valence electrons. The average molecular weight is 350 g/mol. The minimum atomic E-state index is -0.529. The number of nitrogens with zero attached hydrogens (tertiary/aromatic N) is 3. The number of carbonyl (C=O) groups is 1. The second kappa shape index (κ2) is 7.39. The summed E-state index contributed by atoms with van der Waals surface area (Å²) in [7, 11) is 0. The second-order valence-electron chi connectivity index (χ2n) is 6.95. The Bertz CT molecular complexity index is 921. The lowest BCUT2D eigenvalue weighted by atomic mass is 10.2. The van der Waals surface area contributed by atoms with Gasteiger partial charge >= 0.3 is 6.09 Å². The highest BCUT2D eigenvalue weighted by molar-refractivity contribution is 5.83. The number of ether oxygens (including phenoxy) is 1. The van der Waals surface area contributed by atoms with E-state index < -0.39 is 11.7 Å². The Balaban J connectivity index is 1.60. The number of alkyl carbamates (subject to hydrolysis) is 1. The van der Waals surface area contributed by atoms with Crippen molar-refractivity contribution in [2.45, 2.75) is 32.9 Å². The normalized spacial score (nSPS) is 11.8. The molecule has 0 fully saturated rings. The van der Waals surface area contributed by atoms with Gasteiger partial charge in [0.25, 0.3) is 0 Å². The van der Waals surface area contributed by atoms with Crippen LogP contribution in [0.3, 0.4) is 0 Å². The Morgan fingerprint density at radius 3 is 2.73 bits per heavy atom. The lowest BCUT2D eigenvalue weighted by Gasteiger charge is -2.18. The predicted octanol–water partition coefficient (Wildman–Crippen LogP) is 4.27. The molecule has 0 aliphatic carbocycles. The molecule has 0 atom stereocenters. The second-order valence-corrected chi connectivity index (χ2v) is 6.95. The largest absolute Gasteiger partial charge is 0.444 e. The summed E-state index contributed by atoms with van der Waals surface area (Å²) in [5.74, 6) is 0. The highest BCUT2D eigenvalue weighted by Gasteiger charge is 2.14. The molecule has 0 unspecified atom stereocenters. The van der Waals surface area contributed by atoms with Crippen LogP contribution in [0.5, 0.6) is 0 Å². The van der Waals surface area contributed by atoms with Crippen LogP contribution in [0.25, 0.3) is 10.9 Å². The maximum atomic E-state index is 11.6. The zero-order valence-corrected chi connectivity index (χ0v) is 15.1. The maximum Gasteiger partial charge on any atom is 0.412 e. The van der Waals surface area contributed by atoms with Crippen LogP contribution in [0.15, 0.2) is 60.0 Å². The standard InChI is InChI=1S/C20H22N4O2/c1-20(2,3)26-19(25)23-14-22-17-6-4-15(5-7-17)13-24-11-9-16-12-21-10-8-18(16)24/h4-12,14H,13H2,1-3H3,(H,22,23,25). The Morgan fingerprint density at radius 1 is 1.23 bits per heavy atom. The number of carbonyl (C=O) groups excluding carboxylic acids is 1. The number of pyridine rings is 1. The molecular weight excluding hydrogens is 328 g/mol.